The van der Waals surface area contributed by atoms with Crippen LogP contribution in [0.15, 0.2) is 4.99 Å². The molecule has 2 aliphatic heterocycles. The highest BCUT2D eigenvalue weighted by Gasteiger charge is 2.35. The summed E-state index contributed by atoms with van der Waals surface area (Å²) in [6.07, 6.45) is 9.32. The second-order valence-corrected chi connectivity index (χ2v) is 6.97. The summed E-state index contributed by atoms with van der Waals surface area (Å²) < 4.78 is 5.39. The summed E-state index contributed by atoms with van der Waals surface area (Å²) in [4.78, 5) is 4.83. The molecular formula is C14H24N2OS. The van der Waals surface area contributed by atoms with Gasteiger partial charge in [0.2, 0.25) is 0 Å². The maximum absolute atomic E-state index is 5.39. The van der Waals surface area contributed by atoms with E-state index in [0.29, 0.717) is 11.5 Å². The average molecular weight is 268 g/mol. The third-order valence-corrected chi connectivity index (χ3v) is 5.81. The minimum atomic E-state index is 0.545. The van der Waals surface area contributed by atoms with Crippen molar-refractivity contribution in [3.05, 3.63) is 0 Å². The van der Waals surface area contributed by atoms with Crippen LogP contribution < -0.4 is 5.32 Å². The van der Waals surface area contributed by atoms with E-state index in [2.05, 4.69) is 5.32 Å². The van der Waals surface area contributed by atoms with Gasteiger partial charge in [0, 0.05) is 31.6 Å². The minimum absolute atomic E-state index is 0.545. The van der Waals surface area contributed by atoms with Gasteiger partial charge in [-0.2, -0.15) is 0 Å². The normalized spacial score (nSPS) is 29.0. The van der Waals surface area contributed by atoms with Gasteiger partial charge in [0.05, 0.1) is 0 Å². The molecule has 18 heavy (non-hydrogen) atoms. The van der Waals surface area contributed by atoms with Gasteiger partial charge in [0.15, 0.2) is 5.17 Å². The van der Waals surface area contributed by atoms with E-state index in [1.807, 2.05) is 11.8 Å². The van der Waals surface area contributed by atoms with E-state index in [0.717, 1.165) is 32.6 Å². The van der Waals surface area contributed by atoms with Crippen LogP contribution in [-0.4, -0.2) is 36.7 Å². The van der Waals surface area contributed by atoms with E-state index < -0.39 is 0 Å². The fourth-order valence-corrected chi connectivity index (χ4v) is 4.49. The Morgan fingerprint density at radius 1 is 1.17 bits per heavy atom. The van der Waals surface area contributed by atoms with Crippen molar-refractivity contribution >= 4 is 16.9 Å². The number of aliphatic imine (C=N–C) groups is 1. The van der Waals surface area contributed by atoms with Crippen LogP contribution in [0.5, 0.6) is 0 Å². The zero-order valence-electron chi connectivity index (χ0n) is 11.1. The largest absolute Gasteiger partial charge is 0.381 e. The van der Waals surface area contributed by atoms with Crippen molar-refractivity contribution in [1.29, 1.82) is 0 Å². The number of nitrogens with one attached hydrogen (secondary N) is 1. The molecule has 3 nitrogen and oxygen atoms in total. The number of thioether (sulfide) groups is 1. The van der Waals surface area contributed by atoms with E-state index in [-0.39, 0.29) is 0 Å². The van der Waals surface area contributed by atoms with Crippen molar-refractivity contribution in [3.8, 4) is 0 Å². The average Bonchev–Trinajstić information content (AvgIpc) is 2.44. The van der Waals surface area contributed by atoms with Crippen molar-refractivity contribution in [2.45, 2.75) is 51.0 Å². The lowest BCUT2D eigenvalue weighted by Gasteiger charge is -2.39. The summed E-state index contributed by atoms with van der Waals surface area (Å²) in [7, 11) is 0. The van der Waals surface area contributed by atoms with E-state index in [9.17, 15) is 0 Å². The van der Waals surface area contributed by atoms with Crippen LogP contribution in [0.1, 0.15) is 44.9 Å². The van der Waals surface area contributed by atoms with Crippen LogP contribution in [0, 0.1) is 5.41 Å². The van der Waals surface area contributed by atoms with Crippen molar-refractivity contribution in [3.63, 3.8) is 0 Å². The van der Waals surface area contributed by atoms with Gasteiger partial charge in [-0.05, 0) is 31.1 Å². The van der Waals surface area contributed by atoms with Crippen LogP contribution in [-0.2, 0) is 4.74 Å². The summed E-state index contributed by atoms with van der Waals surface area (Å²) in [5, 5.41) is 4.81. The number of hydrogen-bond acceptors (Lipinski definition) is 4. The highest BCUT2D eigenvalue weighted by molar-refractivity contribution is 8.13. The molecule has 2 fully saturated rings. The van der Waals surface area contributed by atoms with Crippen LogP contribution in [0.4, 0.5) is 0 Å². The molecule has 102 valence electrons. The lowest BCUT2D eigenvalue weighted by atomic mass is 9.75. The quantitative estimate of drug-likeness (QED) is 0.794. The Morgan fingerprint density at radius 3 is 2.61 bits per heavy atom. The zero-order chi connectivity index (χ0) is 12.3. The molecule has 0 aromatic heterocycles. The number of ether oxygens (including phenoxy) is 1. The van der Waals surface area contributed by atoms with Crippen molar-refractivity contribution < 1.29 is 4.74 Å². The molecule has 1 N–H and O–H groups in total. The fourth-order valence-electron chi connectivity index (χ4n) is 3.26. The van der Waals surface area contributed by atoms with Crippen LogP contribution in [0.2, 0.25) is 0 Å². The molecule has 1 saturated heterocycles. The lowest BCUT2D eigenvalue weighted by molar-refractivity contribution is 0.0825. The predicted molar refractivity (Wildman–Crippen MR) is 77.3 cm³/mol. The van der Waals surface area contributed by atoms with Crippen molar-refractivity contribution in [2.75, 3.05) is 25.5 Å². The Balaban J connectivity index is 1.52. The molecule has 1 spiro atoms. The topological polar surface area (TPSA) is 33.6 Å². The molecule has 0 radical (unpaired) electrons. The van der Waals surface area contributed by atoms with Gasteiger partial charge in [-0.1, -0.05) is 31.0 Å². The molecule has 1 saturated carbocycles. The number of rotatable bonds is 1. The molecule has 3 rings (SSSR count). The van der Waals surface area contributed by atoms with E-state index in [1.165, 1.54) is 43.0 Å². The van der Waals surface area contributed by atoms with Crippen LogP contribution >= 0.6 is 11.8 Å². The SMILES string of the molecule is C1CCC2(CC1)CN=C(NC1CCOCC1)SC2. The van der Waals surface area contributed by atoms with Gasteiger partial charge in [-0.3, -0.25) is 4.99 Å². The van der Waals surface area contributed by atoms with E-state index >= 15 is 0 Å². The molecule has 0 aromatic carbocycles. The first kappa shape index (κ1) is 12.8. The molecule has 0 amide bonds. The zero-order valence-corrected chi connectivity index (χ0v) is 11.9. The van der Waals surface area contributed by atoms with Gasteiger partial charge < -0.3 is 10.1 Å². The summed E-state index contributed by atoms with van der Waals surface area (Å²) in [5.74, 6) is 1.28. The first-order chi connectivity index (χ1) is 8.86. The number of nitrogens with zero attached hydrogens (tertiary/aromatic N) is 1. The van der Waals surface area contributed by atoms with Gasteiger partial charge in [-0.25, -0.2) is 0 Å². The summed E-state index contributed by atoms with van der Waals surface area (Å²) in [6, 6.07) is 0.588. The Hall–Kier alpha value is -0.220. The van der Waals surface area contributed by atoms with Gasteiger partial charge >= 0.3 is 0 Å². The summed E-state index contributed by atoms with van der Waals surface area (Å²) >= 11 is 1.96. The molecule has 0 unspecified atom stereocenters. The fraction of sp³-hybridized carbons (Fsp3) is 0.929. The second-order valence-electron chi connectivity index (χ2n) is 6.00. The molecule has 1 aliphatic carbocycles. The van der Waals surface area contributed by atoms with E-state index in [4.69, 9.17) is 9.73 Å². The van der Waals surface area contributed by atoms with Gasteiger partial charge in [-0.15, -0.1) is 0 Å². The Morgan fingerprint density at radius 2 is 1.94 bits per heavy atom. The molecule has 3 aliphatic rings. The number of amidine groups is 1. The first-order valence-electron chi connectivity index (χ1n) is 7.38. The highest BCUT2D eigenvalue weighted by atomic mass is 32.2. The van der Waals surface area contributed by atoms with Crippen molar-refractivity contribution in [2.24, 2.45) is 10.4 Å². The maximum atomic E-state index is 5.39. The number of hydrogen-bond donors (Lipinski definition) is 1. The molecule has 0 atom stereocenters. The Kier molecular flexibility index (Phi) is 4.14. The monoisotopic (exact) mass is 268 g/mol. The lowest BCUT2D eigenvalue weighted by Crippen LogP contribution is -2.42. The predicted octanol–water partition coefficient (Wildman–Crippen LogP) is 2.81. The first-order valence-corrected chi connectivity index (χ1v) is 8.36. The van der Waals surface area contributed by atoms with Crippen LogP contribution in [0.3, 0.4) is 0 Å². The Bertz CT molecular complexity index is 307. The highest BCUT2D eigenvalue weighted by Crippen LogP contribution is 2.41. The molecular weight excluding hydrogens is 244 g/mol. The maximum Gasteiger partial charge on any atom is 0.156 e. The second kappa shape index (κ2) is 5.83. The van der Waals surface area contributed by atoms with Crippen molar-refractivity contribution in [1.82, 2.24) is 5.32 Å². The van der Waals surface area contributed by atoms with Gasteiger partial charge in [0.1, 0.15) is 0 Å². The third-order valence-electron chi connectivity index (χ3n) is 4.54. The third kappa shape index (κ3) is 3.02. The van der Waals surface area contributed by atoms with Crippen LogP contribution in [0.25, 0.3) is 0 Å². The minimum Gasteiger partial charge on any atom is -0.381 e. The molecule has 0 aromatic rings. The smallest absolute Gasteiger partial charge is 0.156 e. The summed E-state index contributed by atoms with van der Waals surface area (Å²) in [6.45, 7) is 2.87. The van der Waals surface area contributed by atoms with Gasteiger partial charge in [0.25, 0.3) is 0 Å². The standard InChI is InChI=1S/C14H24N2OS/c1-2-6-14(7-3-1)10-15-13(18-11-14)16-12-4-8-17-9-5-12/h12H,1-11H2,(H,15,16). The Labute approximate surface area is 114 Å². The molecule has 0 bridgehead atoms. The summed E-state index contributed by atoms with van der Waals surface area (Å²) in [5.41, 5.74) is 0.545. The van der Waals surface area contributed by atoms with E-state index in [1.54, 1.807) is 0 Å². The molecule has 4 heteroatoms. The molecule has 2 heterocycles.